The van der Waals surface area contributed by atoms with E-state index >= 15 is 0 Å². The molecule has 6 heteroatoms. The van der Waals surface area contributed by atoms with Crippen molar-refractivity contribution >= 4 is 17.4 Å². The van der Waals surface area contributed by atoms with Crippen LogP contribution in [0.3, 0.4) is 0 Å². The average molecular weight is 327 g/mol. The minimum Gasteiger partial charge on any atom is -0.493 e. The van der Waals surface area contributed by atoms with E-state index in [1.807, 2.05) is 12.1 Å². The number of methoxy groups -OCH3 is 2. The molecule has 126 valence electrons. The zero-order valence-electron chi connectivity index (χ0n) is 13.9. The second-order valence-electron chi connectivity index (χ2n) is 5.60. The quantitative estimate of drug-likeness (QED) is 0.915. The minimum atomic E-state index is -0.247. The highest BCUT2D eigenvalue weighted by molar-refractivity contribution is 6.03. The van der Waals surface area contributed by atoms with Crippen molar-refractivity contribution < 1.29 is 14.3 Å². The van der Waals surface area contributed by atoms with E-state index in [2.05, 4.69) is 15.2 Å². The number of nitrogens with zero attached hydrogens (tertiary/aromatic N) is 2. The van der Waals surface area contributed by atoms with Gasteiger partial charge in [-0.3, -0.25) is 4.79 Å². The van der Waals surface area contributed by atoms with Crippen molar-refractivity contribution in [1.29, 1.82) is 0 Å². The summed E-state index contributed by atoms with van der Waals surface area (Å²) in [5.41, 5.74) is 1.03. The van der Waals surface area contributed by atoms with Crippen LogP contribution in [0.5, 0.6) is 11.5 Å². The highest BCUT2D eigenvalue weighted by Gasteiger charge is 2.16. The maximum Gasteiger partial charge on any atom is 0.274 e. The summed E-state index contributed by atoms with van der Waals surface area (Å²) in [5.74, 6) is 1.79. The Bertz CT molecular complexity index is 727. The molecule has 1 saturated heterocycles. The lowest BCUT2D eigenvalue weighted by Gasteiger charge is -2.16. The summed E-state index contributed by atoms with van der Waals surface area (Å²) in [5, 5.41) is 2.85. The number of nitrogens with one attached hydrogen (secondary N) is 1. The SMILES string of the molecule is COc1ccc(NC(=O)c2cccc(N3CCCC3)n2)cc1OC. The number of anilines is 2. The summed E-state index contributed by atoms with van der Waals surface area (Å²) < 4.78 is 10.5. The van der Waals surface area contributed by atoms with Gasteiger partial charge in [-0.05, 0) is 37.1 Å². The van der Waals surface area contributed by atoms with Gasteiger partial charge >= 0.3 is 0 Å². The van der Waals surface area contributed by atoms with E-state index in [1.165, 1.54) is 12.8 Å². The molecular weight excluding hydrogens is 306 g/mol. The molecule has 1 fully saturated rings. The lowest BCUT2D eigenvalue weighted by Crippen LogP contribution is -2.21. The lowest BCUT2D eigenvalue weighted by molar-refractivity contribution is 0.102. The van der Waals surface area contributed by atoms with Crippen LogP contribution < -0.4 is 19.7 Å². The molecule has 0 aliphatic carbocycles. The van der Waals surface area contributed by atoms with Crippen LogP contribution in [0.2, 0.25) is 0 Å². The Morgan fingerprint density at radius 1 is 1.08 bits per heavy atom. The summed E-state index contributed by atoms with van der Waals surface area (Å²) in [6.07, 6.45) is 2.34. The van der Waals surface area contributed by atoms with Crippen molar-refractivity contribution in [2.24, 2.45) is 0 Å². The highest BCUT2D eigenvalue weighted by atomic mass is 16.5. The van der Waals surface area contributed by atoms with Gasteiger partial charge < -0.3 is 19.7 Å². The Hall–Kier alpha value is -2.76. The van der Waals surface area contributed by atoms with Crippen LogP contribution in [-0.4, -0.2) is 38.2 Å². The van der Waals surface area contributed by atoms with E-state index in [-0.39, 0.29) is 5.91 Å². The lowest BCUT2D eigenvalue weighted by atomic mass is 10.2. The minimum absolute atomic E-state index is 0.247. The number of aromatic nitrogens is 1. The predicted molar refractivity (Wildman–Crippen MR) is 93.2 cm³/mol. The molecule has 3 rings (SSSR count). The third kappa shape index (κ3) is 3.42. The fourth-order valence-electron chi connectivity index (χ4n) is 2.78. The molecule has 0 unspecified atom stereocenters. The zero-order chi connectivity index (χ0) is 16.9. The number of carbonyl (C=O) groups is 1. The molecule has 1 aliphatic rings. The van der Waals surface area contributed by atoms with Crippen molar-refractivity contribution in [2.45, 2.75) is 12.8 Å². The Kier molecular flexibility index (Phi) is 4.84. The smallest absolute Gasteiger partial charge is 0.274 e. The van der Waals surface area contributed by atoms with E-state index < -0.39 is 0 Å². The summed E-state index contributed by atoms with van der Waals surface area (Å²) >= 11 is 0. The van der Waals surface area contributed by atoms with Crippen molar-refractivity contribution in [2.75, 3.05) is 37.5 Å². The van der Waals surface area contributed by atoms with E-state index in [9.17, 15) is 4.79 Å². The molecule has 0 saturated carbocycles. The number of carbonyl (C=O) groups excluding carboxylic acids is 1. The summed E-state index contributed by atoms with van der Waals surface area (Å²) in [4.78, 5) is 19.2. The van der Waals surface area contributed by atoms with E-state index in [1.54, 1.807) is 38.5 Å². The van der Waals surface area contributed by atoms with Crippen LogP contribution in [0.25, 0.3) is 0 Å². The maximum atomic E-state index is 12.5. The molecule has 0 radical (unpaired) electrons. The van der Waals surface area contributed by atoms with Crippen LogP contribution in [-0.2, 0) is 0 Å². The second-order valence-corrected chi connectivity index (χ2v) is 5.60. The van der Waals surface area contributed by atoms with Gasteiger partial charge in [0.25, 0.3) is 5.91 Å². The molecule has 0 spiro atoms. The maximum absolute atomic E-state index is 12.5. The van der Waals surface area contributed by atoms with Gasteiger partial charge in [0.1, 0.15) is 11.5 Å². The van der Waals surface area contributed by atoms with Gasteiger partial charge in [0.15, 0.2) is 11.5 Å². The summed E-state index contributed by atoms with van der Waals surface area (Å²) in [7, 11) is 3.13. The third-order valence-electron chi connectivity index (χ3n) is 4.04. The first-order valence-corrected chi connectivity index (χ1v) is 7.96. The van der Waals surface area contributed by atoms with Crippen LogP contribution in [0.4, 0.5) is 11.5 Å². The first kappa shape index (κ1) is 16.1. The Balaban J connectivity index is 1.76. The number of ether oxygens (including phenoxy) is 2. The molecule has 24 heavy (non-hydrogen) atoms. The van der Waals surface area contributed by atoms with Crippen LogP contribution >= 0.6 is 0 Å². The normalized spacial score (nSPS) is 13.7. The number of benzene rings is 1. The van der Waals surface area contributed by atoms with Gasteiger partial charge in [-0.1, -0.05) is 6.07 Å². The zero-order valence-corrected chi connectivity index (χ0v) is 13.9. The van der Waals surface area contributed by atoms with Crippen molar-refractivity contribution in [1.82, 2.24) is 4.98 Å². The fourth-order valence-corrected chi connectivity index (χ4v) is 2.78. The molecule has 6 nitrogen and oxygen atoms in total. The Morgan fingerprint density at radius 3 is 2.54 bits per heavy atom. The van der Waals surface area contributed by atoms with Gasteiger partial charge in [0.05, 0.1) is 14.2 Å². The van der Waals surface area contributed by atoms with Crippen molar-refractivity contribution in [3.05, 3.63) is 42.1 Å². The molecule has 1 amide bonds. The molecule has 2 heterocycles. The molecule has 1 aromatic carbocycles. The summed E-state index contributed by atoms with van der Waals surface area (Å²) in [6, 6.07) is 10.8. The van der Waals surface area contributed by atoms with Crippen LogP contribution in [0.1, 0.15) is 23.3 Å². The third-order valence-corrected chi connectivity index (χ3v) is 4.04. The van der Waals surface area contributed by atoms with E-state index in [4.69, 9.17) is 9.47 Å². The fraction of sp³-hybridized carbons (Fsp3) is 0.333. The molecule has 1 aromatic heterocycles. The van der Waals surface area contributed by atoms with E-state index in [0.29, 0.717) is 22.9 Å². The molecular formula is C18H21N3O3. The largest absolute Gasteiger partial charge is 0.493 e. The molecule has 2 aromatic rings. The number of rotatable bonds is 5. The highest BCUT2D eigenvalue weighted by Crippen LogP contribution is 2.30. The number of hydrogen-bond acceptors (Lipinski definition) is 5. The molecule has 0 atom stereocenters. The van der Waals surface area contributed by atoms with Gasteiger partial charge in [-0.25, -0.2) is 4.98 Å². The molecule has 1 aliphatic heterocycles. The van der Waals surface area contributed by atoms with Crippen LogP contribution in [0.15, 0.2) is 36.4 Å². The second kappa shape index (κ2) is 7.21. The van der Waals surface area contributed by atoms with Gasteiger partial charge in [-0.2, -0.15) is 0 Å². The Labute approximate surface area is 141 Å². The van der Waals surface area contributed by atoms with Crippen LogP contribution in [0, 0.1) is 0 Å². The average Bonchev–Trinajstić information content (AvgIpc) is 3.16. The summed E-state index contributed by atoms with van der Waals surface area (Å²) in [6.45, 7) is 1.99. The standard InChI is InChI=1S/C18H21N3O3/c1-23-15-9-8-13(12-16(15)24-2)19-18(22)14-6-5-7-17(20-14)21-10-3-4-11-21/h5-9,12H,3-4,10-11H2,1-2H3,(H,19,22). The van der Waals surface area contributed by atoms with Crippen molar-refractivity contribution in [3.63, 3.8) is 0 Å². The monoisotopic (exact) mass is 327 g/mol. The first-order chi connectivity index (χ1) is 11.7. The number of pyridine rings is 1. The van der Waals surface area contributed by atoms with Gasteiger partial charge in [-0.15, -0.1) is 0 Å². The predicted octanol–water partition coefficient (Wildman–Crippen LogP) is 2.95. The Morgan fingerprint density at radius 2 is 1.83 bits per heavy atom. The van der Waals surface area contributed by atoms with E-state index in [0.717, 1.165) is 18.9 Å². The number of hydrogen-bond donors (Lipinski definition) is 1. The van der Waals surface area contributed by atoms with Crippen molar-refractivity contribution in [3.8, 4) is 11.5 Å². The topological polar surface area (TPSA) is 63.7 Å². The molecule has 1 N–H and O–H groups in total. The molecule has 0 bridgehead atoms. The number of amides is 1. The first-order valence-electron chi connectivity index (χ1n) is 7.96. The van der Waals surface area contributed by atoms with Gasteiger partial charge in [0, 0.05) is 24.8 Å². The van der Waals surface area contributed by atoms with Gasteiger partial charge in [0.2, 0.25) is 0 Å².